The average Bonchev–Trinajstić information content (AvgIpc) is 2.16. The summed E-state index contributed by atoms with van der Waals surface area (Å²) in [5.41, 5.74) is 5.90. The molecule has 0 fully saturated rings. The topological polar surface area (TPSA) is 35.2 Å². The normalized spacial score (nSPS) is 13.6. The molecule has 0 aliphatic carbocycles. The number of benzene rings is 1. The van der Waals surface area contributed by atoms with Crippen LogP contribution in [0.15, 0.2) is 24.3 Å². The van der Waals surface area contributed by atoms with Gasteiger partial charge in [-0.05, 0) is 24.6 Å². The van der Waals surface area contributed by atoms with Crippen LogP contribution in [0.4, 0.5) is 13.2 Å². The largest absolute Gasteiger partial charge is 0.494 e. The Bertz CT molecular complexity index is 338. The zero-order valence-electron chi connectivity index (χ0n) is 8.92. The molecule has 1 aromatic rings. The Balaban J connectivity index is 2.75. The second kappa shape index (κ2) is 5.21. The number of alkyl halides is 3. The zero-order valence-corrected chi connectivity index (χ0v) is 8.92. The van der Waals surface area contributed by atoms with Crippen LogP contribution in [0.25, 0.3) is 0 Å². The van der Waals surface area contributed by atoms with Gasteiger partial charge in [0.2, 0.25) is 0 Å². The zero-order chi connectivity index (χ0) is 12.2. The lowest BCUT2D eigenvalue weighted by Gasteiger charge is -2.15. The fraction of sp³-hybridized carbons (Fsp3) is 0.455. The van der Waals surface area contributed by atoms with Crippen molar-refractivity contribution >= 4 is 0 Å². The molecule has 0 unspecified atom stereocenters. The van der Waals surface area contributed by atoms with Crippen molar-refractivity contribution in [1.82, 2.24) is 0 Å². The summed E-state index contributed by atoms with van der Waals surface area (Å²) in [4.78, 5) is 0. The number of rotatable bonds is 4. The van der Waals surface area contributed by atoms with Crippen LogP contribution in [0, 0.1) is 0 Å². The monoisotopic (exact) mass is 233 g/mol. The first kappa shape index (κ1) is 12.8. The van der Waals surface area contributed by atoms with Gasteiger partial charge in [-0.3, -0.25) is 0 Å². The van der Waals surface area contributed by atoms with Crippen molar-refractivity contribution in [2.75, 3.05) is 6.61 Å². The predicted octanol–water partition coefficient (Wildman–Crippen LogP) is 3.04. The molecule has 0 spiro atoms. The first-order valence-corrected chi connectivity index (χ1v) is 4.97. The molecule has 1 rings (SSSR count). The van der Waals surface area contributed by atoms with Crippen molar-refractivity contribution in [1.29, 1.82) is 0 Å². The average molecular weight is 233 g/mol. The van der Waals surface area contributed by atoms with Gasteiger partial charge in [0.1, 0.15) is 5.75 Å². The van der Waals surface area contributed by atoms with Crippen molar-refractivity contribution in [3.8, 4) is 5.75 Å². The van der Waals surface area contributed by atoms with E-state index >= 15 is 0 Å². The SMILES string of the molecule is CCOc1cccc([C@H](N)CC(F)(F)F)c1. The third-order valence-electron chi connectivity index (χ3n) is 2.05. The van der Waals surface area contributed by atoms with Crippen LogP contribution in [0.2, 0.25) is 0 Å². The van der Waals surface area contributed by atoms with Crippen LogP contribution < -0.4 is 10.5 Å². The molecule has 0 bridgehead atoms. The Hall–Kier alpha value is -1.23. The van der Waals surface area contributed by atoms with E-state index in [0.29, 0.717) is 17.9 Å². The van der Waals surface area contributed by atoms with Gasteiger partial charge in [0, 0.05) is 6.04 Å². The van der Waals surface area contributed by atoms with Crippen molar-refractivity contribution in [3.63, 3.8) is 0 Å². The highest BCUT2D eigenvalue weighted by molar-refractivity contribution is 5.30. The summed E-state index contributed by atoms with van der Waals surface area (Å²) in [6.45, 7) is 2.28. The van der Waals surface area contributed by atoms with E-state index in [9.17, 15) is 13.2 Å². The maximum atomic E-state index is 12.1. The quantitative estimate of drug-likeness (QED) is 0.867. The van der Waals surface area contributed by atoms with Crippen LogP contribution in [0.5, 0.6) is 5.75 Å². The lowest BCUT2D eigenvalue weighted by molar-refractivity contribution is -0.138. The lowest BCUT2D eigenvalue weighted by Crippen LogP contribution is -2.20. The maximum absolute atomic E-state index is 12.1. The summed E-state index contributed by atoms with van der Waals surface area (Å²) in [6, 6.07) is 5.39. The smallest absolute Gasteiger partial charge is 0.390 e. The van der Waals surface area contributed by atoms with Crippen LogP contribution in [-0.2, 0) is 0 Å². The molecule has 0 heterocycles. The van der Waals surface area contributed by atoms with E-state index < -0.39 is 18.6 Å². The molecular weight excluding hydrogens is 219 g/mol. The number of hydrogen-bond acceptors (Lipinski definition) is 2. The third-order valence-corrected chi connectivity index (χ3v) is 2.05. The maximum Gasteiger partial charge on any atom is 0.390 e. The van der Waals surface area contributed by atoms with Gasteiger partial charge in [-0.2, -0.15) is 13.2 Å². The molecule has 0 aromatic heterocycles. The van der Waals surface area contributed by atoms with E-state index in [4.69, 9.17) is 10.5 Å². The molecule has 16 heavy (non-hydrogen) atoms. The summed E-state index contributed by atoms with van der Waals surface area (Å²) < 4.78 is 41.6. The number of ether oxygens (including phenoxy) is 1. The van der Waals surface area contributed by atoms with Gasteiger partial charge >= 0.3 is 6.18 Å². The minimum atomic E-state index is -4.25. The van der Waals surface area contributed by atoms with Crippen LogP contribution in [-0.4, -0.2) is 12.8 Å². The molecular formula is C11H14F3NO. The van der Waals surface area contributed by atoms with Crippen molar-refractivity contribution in [2.24, 2.45) is 5.73 Å². The summed E-state index contributed by atoms with van der Waals surface area (Å²) in [5.74, 6) is 0.539. The van der Waals surface area contributed by atoms with Crippen molar-refractivity contribution < 1.29 is 17.9 Å². The Morgan fingerprint density at radius 3 is 2.62 bits per heavy atom. The summed E-state index contributed by atoms with van der Waals surface area (Å²) in [5, 5.41) is 0. The van der Waals surface area contributed by atoms with Crippen LogP contribution in [0.3, 0.4) is 0 Å². The van der Waals surface area contributed by atoms with E-state index in [1.54, 1.807) is 24.3 Å². The highest BCUT2D eigenvalue weighted by Gasteiger charge is 2.30. The van der Waals surface area contributed by atoms with Gasteiger partial charge in [-0.1, -0.05) is 12.1 Å². The second-order valence-corrected chi connectivity index (χ2v) is 3.43. The van der Waals surface area contributed by atoms with Crippen LogP contribution in [0.1, 0.15) is 24.9 Å². The fourth-order valence-corrected chi connectivity index (χ4v) is 1.37. The van der Waals surface area contributed by atoms with Gasteiger partial charge in [-0.15, -0.1) is 0 Å². The first-order chi connectivity index (χ1) is 7.42. The highest BCUT2D eigenvalue weighted by Crippen LogP contribution is 2.29. The Morgan fingerprint density at radius 2 is 2.06 bits per heavy atom. The lowest BCUT2D eigenvalue weighted by atomic mass is 10.0. The van der Waals surface area contributed by atoms with E-state index in [-0.39, 0.29) is 0 Å². The fourth-order valence-electron chi connectivity index (χ4n) is 1.37. The first-order valence-electron chi connectivity index (χ1n) is 4.97. The summed E-state index contributed by atoms with van der Waals surface area (Å²) in [6.07, 6.45) is -5.27. The standard InChI is InChI=1S/C11H14F3NO/c1-2-16-9-5-3-4-8(6-9)10(15)7-11(12,13)14/h3-6,10H,2,7,15H2,1H3/t10-/m1/s1. The van der Waals surface area contributed by atoms with Gasteiger partial charge < -0.3 is 10.5 Å². The number of halogens is 3. The van der Waals surface area contributed by atoms with Crippen molar-refractivity contribution in [2.45, 2.75) is 25.6 Å². The minimum Gasteiger partial charge on any atom is -0.494 e. The van der Waals surface area contributed by atoms with Crippen molar-refractivity contribution in [3.05, 3.63) is 29.8 Å². The van der Waals surface area contributed by atoms with Gasteiger partial charge in [0.05, 0.1) is 13.0 Å². The predicted molar refractivity (Wildman–Crippen MR) is 55.2 cm³/mol. The molecule has 0 radical (unpaired) electrons. The molecule has 2 N–H and O–H groups in total. The van der Waals surface area contributed by atoms with E-state index in [1.165, 1.54) is 0 Å². The van der Waals surface area contributed by atoms with Gasteiger partial charge in [0.15, 0.2) is 0 Å². The molecule has 1 aromatic carbocycles. The Kier molecular flexibility index (Phi) is 4.18. The summed E-state index contributed by atoms with van der Waals surface area (Å²) in [7, 11) is 0. The molecule has 0 amide bonds. The van der Waals surface area contributed by atoms with Gasteiger partial charge in [-0.25, -0.2) is 0 Å². The molecule has 0 aliphatic rings. The molecule has 5 heteroatoms. The van der Waals surface area contributed by atoms with Crippen LogP contribution >= 0.6 is 0 Å². The second-order valence-electron chi connectivity index (χ2n) is 3.43. The molecule has 1 atom stereocenters. The Labute approximate surface area is 92.2 Å². The molecule has 0 saturated carbocycles. The highest BCUT2D eigenvalue weighted by atomic mass is 19.4. The van der Waals surface area contributed by atoms with E-state index in [2.05, 4.69) is 0 Å². The number of nitrogens with two attached hydrogens (primary N) is 1. The van der Waals surface area contributed by atoms with E-state index in [0.717, 1.165) is 0 Å². The molecule has 0 aliphatic heterocycles. The molecule has 2 nitrogen and oxygen atoms in total. The summed E-state index contributed by atoms with van der Waals surface area (Å²) >= 11 is 0. The molecule has 90 valence electrons. The third kappa shape index (κ3) is 4.10. The Morgan fingerprint density at radius 1 is 1.38 bits per heavy atom. The number of hydrogen-bond donors (Lipinski definition) is 1. The van der Waals surface area contributed by atoms with Gasteiger partial charge in [0.25, 0.3) is 0 Å². The molecule has 0 saturated heterocycles. The van der Waals surface area contributed by atoms with E-state index in [1.807, 2.05) is 6.92 Å². The minimum absolute atomic E-state index is 0.434.